The van der Waals surface area contributed by atoms with E-state index in [0.29, 0.717) is 5.57 Å². The topological polar surface area (TPSA) is 110 Å². The highest BCUT2D eigenvalue weighted by atomic mass is 32.1. The number of ether oxygens (including phenoxy) is 1. The lowest BCUT2D eigenvalue weighted by Gasteiger charge is -2.20. The Morgan fingerprint density at radius 2 is 1.41 bits per heavy atom. The number of benzene rings is 1. The molecule has 0 fully saturated rings. The molecule has 0 atom stereocenters. The molecule has 0 bridgehead atoms. The Morgan fingerprint density at radius 3 is 1.95 bits per heavy atom. The largest absolute Gasteiger partial charge is 0.480 e. The lowest BCUT2D eigenvalue weighted by atomic mass is 9.95. The minimum Gasteiger partial charge on any atom is -0.480 e. The van der Waals surface area contributed by atoms with Crippen molar-refractivity contribution in [3.05, 3.63) is 90.5 Å². The van der Waals surface area contributed by atoms with E-state index in [1.807, 2.05) is 32.4 Å². The number of allylic oxidation sites excluding steroid dienone is 2. The van der Waals surface area contributed by atoms with Crippen molar-refractivity contribution in [2.75, 3.05) is 19.0 Å². The molecule has 192 valence electrons. The minimum absolute atomic E-state index is 0.0230. The molecule has 0 unspecified atom stereocenters. The van der Waals surface area contributed by atoms with E-state index in [2.05, 4.69) is 57.4 Å². The summed E-state index contributed by atoms with van der Waals surface area (Å²) in [5.41, 5.74) is 1.99. The van der Waals surface area contributed by atoms with Crippen molar-refractivity contribution in [2.45, 2.75) is 19.4 Å². The number of hydrogen-bond donors (Lipinski definition) is 0. The van der Waals surface area contributed by atoms with Crippen LogP contribution in [0.2, 0.25) is 0 Å². The Labute approximate surface area is 235 Å². The van der Waals surface area contributed by atoms with Gasteiger partial charge >= 0.3 is 0 Å². The van der Waals surface area contributed by atoms with Crippen LogP contribution in [0, 0.1) is 34.0 Å². The first-order valence-electron chi connectivity index (χ1n) is 11.9. The Bertz CT molecular complexity index is 1640. The number of nitrogens with zero attached hydrogens (tertiary/aromatic N) is 6. The summed E-state index contributed by atoms with van der Waals surface area (Å²) in [6, 6.07) is 14.0. The summed E-state index contributed by atoms with van der Waals surface area (Å²) in [5, 5.41) is 29.7. The van der Waals surface area contributed by atoms with Gasteiger partial charge in [0.2, 0.25) is 0 Å². The molecule has 4 rings (SSSR count). The zero-order valence-corrected chi connectivity index (χ0v) is 23.5. The van der Waals surface area contributed by atoms with Crippen molar-refractivity contribution < 1.29 is 4.74 Å². The first-order chi connectivity index (χ1) is 18.7. The van der Waals surface area contributed by atoms with Crippen molar-refractivity contribution in [1.29, 1.82) is 15.8 Å². The van der Waals surface area contributed by atoms with Gasteiger partial charge in [0.15, 0.2) is 11.3 Å². The molecular formula is C30H24N6OS2. The van der Waals surface area contributed by atoms with Gasteiger partial charge in [-0.2, -0.15) is 15.8 Å². The van der Waals surface area contributed by atoms with Crippen LogP contribution in [0.25, 0.3) is 30.4 Å². The second kappa shape index (κ2) is 11.8. The van der Waals surface area contributed by atoms with Crippen molar-refractivity contribution in [2.24, 2.45) is 0 Å². The van der Waals surface area contributed by atoms with E-state index in [1.165, 1.54) is 11.3 Å². The van der Waals surface area contributed by atoms with Crippen LogP contribution in [-0.4, -0.2) is 29.7 Å². The molecule has 0 saturated carbocycles. The second-order valence-corrected chi connectivity index (χ2v) is 11.3. The molecule has 0 saturated heterocycles. The predicted molar refractivity (Wildman–Crippen MR) is 158 cm³/mol. The Balaban J connectivity index is 1.45. The Hall–Kier alpha value is -4.75. The molecule has 0 N–H and O–H groups in total. The zero-order chi connectivity index (χ0) is 28.0. The van der Waals surface area contributed by atoms with Gasteiger partial charge in [-0.15, -0.1) is 22.7 Å². The van der Waals surface area contributed by atoms with Gasteiger partial charge in [0, 0.05) is 47.5 Å². The van der Waals surface area contributed by atoms with Gasteiger partial charge < -0.3 is 9.64 Å². The van der Waals surface area contributed by atoms with Crippen LogP contribution in [0.15, 0.2) is 65.2 Å². The van der Waals surface area contributed by atoms with E-state index in [9.17, 15) is 15.8 Å². The highest BCUT2D eigenvalue weighted by Gasteiger charge is 2.38. The number of thiazole rings is 2. The average molecular weight is 549 g/mol. The van der Waals surface area contributed by atoms with E-state index in [4.69, 9.17) is 4.74 Å². The summed E-state index contributed by atoms with van der Waals surface area (Å²) in [6.45, 7) is 3.58. The number of anilines is 1. The lowest BCUT2D eigenvalue weighted by Crippen LogP contribution is -2.20. The van der Waals surface area contributed by atoms with Gasteiger partial charge in [-0.1, -0.05) is 24.3 Å². The van der Waals surface area contributed by atoms with Crippen LogP contribution < -0.4 is 4.90 Å². The van der Waals surface area contributed by atoms with Crippen molar-refractivity contribution in [1.82, 2.24) is 9.97 Å². The summed E-state index contributed by atoms with van der Waals surface area (Å²) in [6.07, 6.45) is 15.3. The molecule has 2 aromatic heterocycles. The van der Waals surface area contributed by atoms with Gasteiger partial charge in [-0.3, -0.25) is 0 Å². The third-order valence-electron chi connectivity index (χ3n) is 5.78. The van der Waals surface area contributed by atoms with Gasteiger partial charge in [-0.25, -0.2) is 9.97 Å². The molecule has 39 heavy (non-hydrogen) atoms. The molecule has 9 heteroatoms. The fourth-order valence-corrected chi connectivity index (χ4v) is 5.21. The van der Waals surface area contributed by atoms with Crippen LogP contribution >= 0.6 is 22.7 Å². The number of aromatic nitrogens is 2. The lowest BCUT2D eigenvalue weighted by molar-refractivity contribution is 0.0954. The maximum Gasteiger partial charge on any atom is 0.172 e. The monoisotopic (exact) mass is 548 g/mol. The molecule has 1 aromatic carbocycles. The van der Waals surface area contributed by atoms with Gasteiger partial charge in [0.25, 0.3) is 0 Å². The van der Waals surface area contributed by atoms with Crippen molar-refractivity contribution in [3.8, 4) is 18.2 Å². The van der Waals surface area contributed by atoms with Gasteiger partial charge in [-0.05, 0) is 55.8 Å². The SMILES string of the molecule is CN(C)c1ccc(/C=C/c2cnc(/C=C/c3cnc(/C=C/C4=C(C#N)C(=C(C#N)C#N)OC4(C)C)s3)s2)cc1. The molecular weight excluding hydrogens is 525 g/mol. The van der Waals surface area contributed by atoms with E-state index in [0.717, 1.165) is 31.0 Å². The molecule has 1 aliphatic heterocycles. The van der Waals surface area contributed by atoms with E-state index >= 15 is 0 Å². The maximum atomic E-state index is 9.67. The van der Waals surface area contributed by atoms with Crippen LogP contribution in [0.1, 0.15) is 39.2 Å². The standard InChI is InChI=1S/C30H24N6OS2/c1-30(2)26(25(17-33)29(37-30)21(15-31)16-32)12-14-28-35-19-24(39-28)11-13-27-34-18-23(38-27)10-7-20-5-8-22(9-6-20)36(3)4/h5-14,18-19H,1-4H3/b10-7+,13-11+,14-12+. The number of nitriles is 3. The second-order valence-electron chi connectivity index (χ2n) is 9.13. The Kier molecular flexibility index (Phi) is 8.22. The minimum atomic E-state index is -0.859. The van der Waals surface area contributed by atoms with Crippen molar-refractivity contribution >= 4 is 58.7 Å². The quantitative estimate of drug-likeness (QED) is 0.294. The molecule has 0 spiro atoms. The summed E-state index contributed by atoms with van der Waals surface area (Å²) in [4.78, 5) is 13.0. The van der Waals surface area contributed by atoms with Gasteiger partial charge in [0.1, 0.15) is 39.4 Å². The van der Waals surface area contributed by atoms with Gasteiger partial charge in [0.05, 0.1) is 0 Å². The molecule has 1 aliphatic rings. The Morgan fingerprint density at radius 1 is 0.846 bits per heavy atom. The average Bonchev–Trinajstić information content (AvgIpc) is 3.63. The smallest absolute Gasteiger partial charge is 0.172 e. The summed E-state index contributed by atoms with van der Waals surface area (Å²) in [5.74, 6) is 0.0230. The summed E-state index contributed by atoms with van der Waals surface area (Å²) in [7, 11) is 4.05. The highest BCUT2D eigenvalue weighted by Crippen LogP contribution is 2.40. The van der Waals surface area contributed by atoms with Crippen LogP contribution in [0.4, 0.5) is 5.69 Å². The predicted octanol–water partition coefficient (Wildman–Crippen LogP) is 6.95. The third kappa shape index (κ3) is 6.40. The summed E-state index contributed by atoms with van der Waals surface area (Å²) >= 11 is 3.09. The van der Waals surface area contributed by atoms with Crippen LogP contribution in [0.5, 0.6) is 0 Å². The van der Waals surface area contributed by atoms with Crippen LogP contribution in [-0.2, 0) is 4.74 Å². The molecule has 3 aromatic rings. The van der Waals surface area contributed by atoms with E-state index in [-0.39, 0.29) is 16.9 Å². The zero-order valence-electron chi connectivity index (χ0n) is 21.8. The number of rotatable bonds is 7. The fraction of sp³-hybridized carbons (Fsp3) is 0.167. The molecule has 7 nitrogen and oxygen atoms in total. The highest BCUT2D eigenvalue weighted by molar-refractivity contribution is 7.14. The first kappa shape index (κ1) is 27.3. The number of hydrogen-bond acceptors (Lipinski definition) is 9. The van der Waals surface area contributed by atoms with E-state index < -0.39 is 5.60 Å². The first-order valence-corrected chi connectivity index (χ1v) is 13.5. The molecule has 0 aliphatic carbocycles. The van der Waals surface area contributed by atoms with Crippen molar-refractivity contribution in [3.63, 3.8) is 0 Å². The maximum absolute atomic E-state index is 9.67. The summed E-state index contributed by atoms with van der Waals surface area (Å²) < 4.78 is 5.79. The molecule has 0 radical (unpaired) electrons. The molecule has 0 amide bonds. The fourth-order valence-electron chi connectivity index (χ4n) is 3.76. The van der Waals surface area contributed by atoms with Crippen LogP contribution in [0.3, 0.4) is 0 Å². The molecule has 3 heterocycles. The normalized spacial score (nSPS) is 14.5. The third-order valence-corrected chi connectivity index (χ3v) is 7.64. The van der Waals surface area contributed by atoms with E-state index in [1.54, 1.807) is 55.7 Å².